The van der Waals surface area contributed by atoms with Crippen molar-refractivity contribution < 1.29 is 26.5 Å². The summed E-state index contributed by atoms with van der Waals surface area (Å²) < 4.78 is 46.2. The lowest BCUT2D eigenvalue weighted by atomic mass is 10.2. The minimum absolute atomic E-state index is 0.0396. The lowest BCUT2D eigenvalue weighted by molar-refractivity contribution is 0.0600. The van der Waals surface area contributed by atoms with Gasteiger partial charge in [-0.25, -0.2) is 9.18 Å². The molecule has 0 bridgehead atoms. The van der Waals surface area contributed by atoms with Gasteiger partial charge in [-0.05, 0) is 42.5 Å². The molecule has 2 rings (SSSR count). The molecule has 0 spiro atoms. The molecule has 21 heavy (non-hydrogen) atoms. The molecule has 0 N–H and O–H groups in total. The van der Waals surface area contributed by atoms with E-state index in [4.69, 9.17) is 4.18 Å². The van der Waals surface area contributed by atoms with E-state index in [2.05, 4.69) is 4.74 Å². The van der Waals surface area contributed by atoms with Gasteiger partial charge in [-0.3, -0.25) is 0 Å². The molecule has 0 fully saturated rings. The van der Waals surface area contributed by atoms with E-state index in [9.17, 15) is 17.6 Å². The Morgan fingerprint density at radius 2 is 1.76 bits per heavy atom. The molecule has 0 aliphatic heterocycles. The Morgan fingerprint density at radius 3 is 2.38 bits per heavy atom. The first-order valence-corrected chi connectivity index (χ1v) is 7.21. The third-order valence-corrected chi connectivity index (χ3v) is 3.82. The fourth-order valence-electron chi connectivity index (χ4n) is 1.57. The van der Waals surface area contributed by atoms with E-state index < -0.39 is 21.9 Å². The van der Waals surface area contributed by atoms with Crippen LogP contribution in [0, 0.1) is 5.82 Å². The Morgan fingerprint density at radius 1 is 1.10 bits per heavy atom. The largest absolute Gasteiger partial charge is 0.465 e. The molecule has 0 aromatic heterocycles. The van der Waals surface area contributed by atoms with Crippen LogP contribution in [0.4, 0.5) is 4.39 Å². The van der Waals surface area contributed by atoms with Gasteiger partial charge in [0.2, 0.25) is 0 Å². The van der Waals surface area contributed by atoms with Gasteiger partial charge in [-0.15, -0.1) is 0 Å². The second-order valence-electron chi connectivity index (χ2n) is 4.01. The molecule has 2 aromatic carbocycles. The van der Waals surface area contributed by atoms with Gasteiger partial charge in [0, 0.05) is 0 Å². The summed E-state index contributed by atoms with van der Waals surface area (Å²) in [6, 6.07) is 9.76. The van der Waals surface area contributed by atoms with Crippen LogP contribution in [0.15, 0.2) is 53.4 Å². The summed E-state index contributed by atoms with van der Waals surface area (Å²) in [6.45, 7) is 0. The Bertz CT molecular complexity index is 753. The maximum absolute atomic E-state index is 12.8. The number of ether oxygens (including phenoxy) is 1. The smallest absolute Gasteiger partial charge is 0.339 e. The van der Waals surface area contributed by atoms with Crippen molar-refractivity contribution in [3.8, 4) is 5.75 Å². The number of rotatable bonds is 4. The van der Waals surface area contributed by atoms with Crippen LogP contribution >= 0.6 is 0 Å². The van der Waals surface area contributed by atoms with Gasteiger partial charge >= 0.3 is 16.1 Å². The summed E-state index contributed by atoms with van der Waals surface area (Å²) in [4.78, 5) is 11.2. The van der Waals surface area contributed by atoms with Crippen LogP contribution in [0.2, 0.25) is 0 Å². The van der Waals surface area contributed by atoms with Gasteiger partial charge in [0.15, 0.2) is 0 Å². The molecule has 0 aliphatic carbocycles. The number of methoxy groups -OCH3 is 1. The quantitative estimate of drug-likeness (QED) is 0.640. The van der Waals surface area contributed by atoms with Gasteiger partial charge in [0.1, 0.15) is 16.5 Å². The predicted octanol–water partition coefficient (Wildman–Crippen LogP) is 2.38. The zero-order valence-corrected chi connectivity index (χ0v) is 11.8. The molecule has 110 valence electrons. The monoisotopic (exact) mass is 310 g/mol. The third-order valence-electron chi connectivity index (χ3n) is 2.56. The van der Waals surface area contributed by atoms with E-state index in [0.29, 0.717) is 0 Å². The Kier molecular flexibility index (Phi) is 4.23. The van der Waals surface area contributed by atoms with Crippen LogP contribution in [0.25, 0.3) is 0 Å². The molecule has 0 heterocycles. The van der Waals surface area contributed by atoms with Crippen LogP contribution in [-0.2, 0) is 14.9 Å². The van der Waals surface area contributed by atoms with Gasteiger partial charge in [0.25, 0.3) is 0 Å². The molecule has 0 amide bonds. The Hall–Kier alpha value is -2.41. The lowest BCUT2D eigenvalue weighted by Crippen LogP contribution is -2.10. The summed E-state index contributed by atoms with van der Waals surface area (Å²) in [5, 5.41) is 0. The van der Waals surface area contributed by atoms with E-state index in [1.807, 2.05) is 0 Å². The normalized spacial score (nSPS) is 11.0. The fourth-order valence-corrected chi connectivity index (χ4v) is 2.49. The standard InChI is InChI=1S/C14H11FO5S/c1-19-14(16)10-3-2-4-12(9-10)20-21(17,18)13-7-5-11(15)6-8-13/h2-9H,1H3. The molecule has 5 nitrogen and oxygen atoms in total. The number of benzene rings is 2. The minimum Gasteiger partial charge on any atom is -0.465 e. The molecule has 7 heteroatoms. The van der Waals surface area contributed by atoms with Crippen LogP contribution in [0.1, 0.15) is 10.4 Å². The number of carbonyl (C=O) groups excluding carboxylic acids is 1. The van der Waals surface area contributed by atoms with E-state index in [1.54, 1.807) is 0 Å². The molecule has 0 saturated carbocycles. The summed E-state index contributed by atoms with van der Waals surface area (Å²) in [5.74, 6) is -1.21. The van der Waals surface area contributed by atoms with Crippen molar-refractivity contribution in [1.82, 2.24) is 0 Å². The van der Waals surface area contributed by atoms with Crippen molar-refractivity contribution in [2.45, 2.75) is 4.90 Å². The Balaban J connectivity index is 2.28. The molecule has 0 radical (unpaired) electrons. The van der Waals surface area contributed by atoms with Gasteiger partial charge in [-0.2, -0.15) is 8.42 Å². The molecular formula is C14H11FO5S. The average Bonchev–Trinajstić information content (AvgIpc) is 2.46. The molecule has 0 unspecified atom stereocenters. The highest BCUT2D eigenvalue weighted by Gasteiger charge is 2.17. The molecular weight excluding hydrogens is 299 g/mol. The van der Waals surface area contributed by atoms with Gasteiger partial charge in [-0.1, -0.05) is 6.07 Å². The highest BCUT2D eigenvalue weighted by Crippen LogP contribution is 2.20. The van der Waals surface area contributed by atoms with E-state index >= 15 is 0 Å². The molecule has 0 aliphatic rings. The lowest BCUT2D eigenvalue weighted by Gasteiger charge is -2.08. The van der Waals surface area contributed by atoms with Crippen molar-refractivity contribution >= 4 is 16.1 Å². The second kappa shape index (κ2) is 5.92. The summed E-state index contributed by atoms with van der Waals surface area (Å²) in [6.07, 6.45) is 0. The number of hydrogen-bond donors (Lipinski definition) is 0. The maximum Gasteiger partial charge on any atom is 0.339 e. The molecule has 0 atom stereocenters. The van der Waals surface area contributed by atoms with Crippen LogP contribution in [0.3, 0.4) is 0 Å². The van der Waals surface area contributed by atoms with E-state index in [0.717, 1.165) is 24.3 Å². The van der Waals surface area contributed by atoms with Crippen LogP contribution in [0.5, 0.6) is 5.75 Å². The van der Waals surface area contributed by atoms with Crippen LogP contribution < -0.4 is 4.18 Å². The first kappa shape index (κ1) is 15.0. The number of hydrogen-bond acceptors (Lipinski definition) is 5. The minimum atomic E-state index is -4.10. The zero-order valence-electron chi connectivity index (χ0n) is 10.9. The average molecular weight is 310 g/mol. The number of halogens is 1. The topological polar surface area (TPSA) is 69.7 Å². The van der Waals surface area contributed by atoms with Gasteiger partial charge in [0.05, 0.1) is 12.7 Å². The van der Waals surface area contributed by atoms with Crippen molar-refractivity contribution in [2.24, 2.45) is 0 Å². The number of carbonyl (C=O) groups is 1. The first-order valence-electron chi connectivity index (χ1n) is 5.81. The van der Waals surface area contributed by atoms with E-state index in [1.165, 1.54) is 31.4 Å². The Labute approximate surface area is 121 Å². The highest BCUT2D eigenvalue weighted by molar-refractivity contribution is 7.87. The SMILES string of the molecule is COC(=O)c1cccc(OS(=O)(=O)c2ccc(F)cc2)c1. The molecule has 2 aromatic rings. The summed E-state index contributed by atoms with van der Waals surface area (Å²) >= 11 is 0. The summed E-state index contributed by atoms with van der Waals surface area (Å²) in [7, 11) is -2.88. The maximum atomic E-state index is 12.8. The predicted molar refractivity (Wildman–Crippen MR) is 72.0 cm³/mol. The van der Waals surface area contributed by atoms with Crippen molar-refractivity contribution in [1.29, 1.82) is 0 Å². The van der Waals surface area contributed by atoms with Gasteiger partial charge < -0.3 is 8.92 Å². The first-order chi connectivity index (χ1) is 9.92. The third kappa shape index (κ3) is 3.57. The van der Waals surface area contributed by atoms with Crippen molar-refractivity contribution in [2.75, 3.05) is 7.11 Å². The van der Waals surface area contributed by atoms with Crippen LogP contribution in [-0.4, -0.2) is 21.5 Å². The highest BCUT2D eigenvalue weighted by atomic mass is 32.2. The van der Waals surface area contributed by atoms with E-state index in [-0.39, 0.29) is 16.2 Å². The van der Waals surface area contributed by atoms with Crippen molar-refractivity contribution in [3.63, 3.8) is 0 Å². The molecule has 0 saturated heterocycles. The zero-order chi connectivity index (χ0) is 15.5. The fraction of sp³-hybridized carbons (Fsp3) is 0.0714. The second-order valence-corrected chi connectivity index (χ2v) is 5.56. The van der Waals surface area contributed by atoms with Crippen molar-refractivity contribution in [3.05, 3.63) is 59.9 Å². The number of esters is 1. The summed E-state index contributed by atoms with van der Waals surface area (Å²) in [5.41, 5.74) is 0.157.